The second-order valence-electron chi connectivity index (χ2n) is 6.95. The van der Waals surface area contributed by atoms with Crippen LogP contribution in [0.4, 0.5) is 10.9 Å². The number of hydrogen-bond acceptors (Lipinski definition) is 6. The number of nitrogens with zero attached hydrogens (tertiary/aromatic N) is 3. The van der Waals surface area contributed by atoms with Gasteiger partial charge >= 0.3 is 0 Å². The van der Waals surface area contributed by atoms with Crippen LogP contribution in [0.15, 0.2) is 66.2 Å². The van der Waals surface area contributed by atoms with E-state index in [1.807, 2.05) is 56.5 Å². The number of hydrogen-bond donors (Lipinski definition) is 1. The number of thiazole rings is 1. The zero-order valence-corrected chi connectivity index (χ0v) is 17.4. The molecule has 0 amide bonds. The van der Waals surface area contributed by atoms with Crippen LogP contribution in [0.1, 0.15) is 19.5 Å². The number of rotatable bonds is 6. The molecule has 4 aromatic rings. The first-order valence-corrected chi connectivity index (χ1v) is 10.3. The molecule has 0 unspecified atom stereocenters. The van der Waals surface area contributed by atoms with Crippen LogP contribution >= 0.6 is 11.3 Å². The number of aromatic nitrogens is 3. The van der Waals surface area contributed by atoms with Gasteiger partial charge in [-0.25, -0.2) is 15.0 Å². The van der Waals surface area contributed by atoms with Crippen molar-refractivity contribution in [1.29, 1.82) is 0 Å². The van der Waals surface area contributed by atoms with E-state index in [2.05, 4.69) is 39.6 Å². The summed E-state index contributed by atoms with van der Waals surface area (Å²) in [6.07, 6.45) is 1.88. The van der Waals surface area contributed by atoms with Crippen LogP contribution in [0.3, 0.4) is 0 Å². The molecule has 1 N–H and O–H groups in total. The minimum absolute atomic E-state index is 0.0996. The number of aryl methyl sites for hydroxylation is 1. The van der Waals surface area contributed by atoms with Gasteiger partial charge in [0, 0.05) is 28.9 Å². The maximum atomic E-state index is 5.70. The SMILES string of the molecule is Cc1cccc(Nc2nc(-c3ccc(-c4ccnc(OC(C)C)c4)cc3)cs2)n1. The second-order valence-corrected chi connectivity index (χ2v) is 7.81. The standard InChI is InChI=1S/C23H22N4OS/c1-15(2)28-22-13-19(11-12-24-22)17-7-9-18(10-8-17)20-14-29-23(26-20)27-21-6-4-5-16(3)25-21/h4-15H,1-3H3,(H,25,26,27). The van der Waals surface area contributed by atoms with Crippen LogP contribution in [-0.4, -0.2) is 21.1 Å². The lowest BCUT2D eigenvalue weighted by atomic mass is 10.0. The third kappa shape index (κ3) is 4.78. The average molecular weight is 403 g/mol. The Morgan fingerprint density at radius 2 is 1.72 bits per heavy atom. The molecule has 4 rings (SSSR count). The van der Waals surface area contributed by atoms with Gasteiger partial charge in [0.05, 0.1) is 11.8 Å². The van der Waals surface area contributed by atoms with Crippen molar-refractivity contribution in [3.8, 4) is 28.3 Å². The summed E-state index contributed by atoms with van der Waals surface area (Å²) in [5.41, 5.74) is 5.18. The first-order valence-electron chi connectivity index (χ1n) is 9.46. The maximum Gasteiger partial charge on any atom is 0.214 e. The minimum Gasteiger partial charge on any atom is -0.475 e. The zero-order valence-electron chi connectivity index (χ0n) is 16.6. The Kier molecular flexibility index (Phi) is 5.53. The Morgan fingerprint density at radius 1 is 0.931 bits per heavy atom. The van der Waals surface area contributed by atoms with E-state index in [1.165, 1.54) is 0 Å². The lowest BCUT2D eigenvalue weighted by Crippen LogP contribution is -2.06. The van der Waals surface area contributed by atoms with Gasteiger partial charge in [-0.1, -0.05) is 30.3 Å². The van der Waals surface area contributed by atoms with Gasteiger partial charge in [-0.3, -0.25) is 0 Å². The molecule has 29 heavy (non-hydrogen) atoms. The number of anilines is 2. The smallest absolute Gasteiger partial charge is 0.214 e. The number of nitrogens with one attached hydrogen (secondary N) is 1. The fourth-order valence-electron chi connectivity index (χ4n) is 2.91. The average Bonchev–Trinajstić information content (AvgIpc) is 3.16. The van der Waals surface area contributed by atoms with Crippen LogP contribution in [0.5, 0.6) is 5.88 Å². The lowest BCUT2D eigenvalue weighted by molar-refractivity contribution is 0.233. The van der Waals surface area contributed by atoms with E-state index in [9.17, 15) is 0 Å². The zero-order chi connectivity index (χ0) is 20.2. The molecule has 3 aromatic heterocycles. The van der Waals surface area contributed by atoms with Crippen LogP contribution in [0, 0.1) is 6.92 Å². The normalized spacial score (nSPS) is 10.9. The molecule has 0 radical (unpaired) electrons. The molecule has 0 spiro atoms. The van der Waals surface area contributed by atoms with E-state index < -0.39 is 0 Å². The molecule has 1 aromatic carbocycles. The summed E-state index contributed by atoms with van der Waals surface area (Å²) in [6, 6.07) is 18.2. The summed E-state index contributed by atoms with van der Waals surface area (Å²) in [4.78, 5) is 13.4. The van der Waals surface area contributed by atoms with Crippen molar-refractivity contribution in [2.45, 2.75) is 26.9 Å². The highest BCUT2D eigenvalue weighted by atomic mass is 32.1. The Bertz CT molecular complexity index is 1110. The van der Waals surface area contributed by atoms with E-state index in [0.717, 1.165) is 39.0 Å². The molecule has 146 valence electrons. The highest BCUT2D eigenvalue weighted by molar-refractivity contribution is 7.14. The van der Waals surface area contributed by atoms with E-state index in [4.69, 9.17) is 9.72 Å². The molecule has 0 fully saturated rings. The van der Waals surface area contributed by atoms with Gasteiger partial charge in [0.15, 0.2) is 5.13 Å². The molecule has 0 aliphatic rings. The van der Waals surface area contributed by atoms with Gasteiger partial charge in [-0.15, -0.1) is 11.3 Å². The van der Waals surface area contributed by atoms with Crippen molar-refractivity contribution in [2.75, 3.05) is 5.32 Å². The van der Waals surface area contributed by atoms with Crippen molar-refractivity contribution in [2.24, 2.45) is 0 Å². The first-order chi connectivity index (χ1) is 14.1. The summed E-state index contributed by atoms with van der Waals surface area (Å²) in [5, 5.41) is 6.14. The Labute approximate surface area is 174 Å². The van der Waals surface area contributed by atoms with E-state index >= 15 is 0 Å². The lowest BCUT2D eigenvalue weighted by Gasteiger charge is -2.10. The second kappa shape index (κ2) is 8.41. The molecule has 0 bridgehead atoms. The Morgan fingerprint density at radius 3 is 2.48 bits per heavy atom. The highest BCUT2D eigenvalue weighted by Gasteiger charge is 2.07. The molecular formula is C23H22N4OS. The van der Waals surface area contributed by atoms with Crippen LogP contribution in [-0.2, 0) is 0 Å². The Hall–Kier alpha value is -3.25. The molecule has 5 nitrogen and oxygen atoms in total. The summed E-state index contributed by atoms with van der Waals surface area (Å²) in [5.74, 6) is 1.44. The van der Waals surface area contributed by atoms with Crippen molar-refractivity contribution in [1.82, 2.24) is 15.0 Å². The first kappa shape index (κ1) is 19.1. The summed E-state index contributed by atoms with van der Waals surface area (Å²) in [6.45, 7) is 5.96. The van der Waals surface area contributed by atoms with Crippen molar-refractivity contribution in [3.05, 3.63) is 71.9 Å². The molecule has 0 atom stereocenters. The molecule has 3 heterocycles. The molecular weight excluding hydrogens is 380 g/mol. The number of pyridine rings is 2. The predicted octanol–water partition coefficient (Wildman–Crippen LogP) is 6.11. The fraction of sp³-hybridized carbons (Fsp3) is 0.174. The van der Waals surface area contributed by atoms with E-state index in [1.54, 1.807) is 17.5 Å². The van der Waals surface area contributed by atoms with Crippen molar-refractivity contribution >= 4 is 22.3 Å². The molecule has 6 heteroatoms. The highest BCUT2D eigenvalue weighted by Crippen LogP contribution is 2.29. The predicted molar refractivity (Wildman–Crippen MR) is 119 cm³/mol. The quantitative estimate of drug-likeness (QED) is 0.422. The minimum atomic E-state index is 0.0996. The topological polar surface area (TPSA) is 59.9 Å². The van der Waals surface area contributed by atoms with Gasteiger partial charge in [-0.05, 0) is 50.1 Å². The van der Waals surface area contributed by atoms with Gasteiger partial charge in [-0.2, -0.15) is 0 Å². The van der Waals surface area contributed by atoms with Gasteiger partial charge in [0.25, 0.3) is 0 Å². The third-order valence-corrected chi connectivity index (χ3v) is 4.99. The molecule has 0 saturated heterocycles. The number of benzene rings is 1. The molecule has 0 aliphatic carbocycles. The van der Waals surface area contributed by atoms with Crippen LogP contribution in [0.25, 0.3) is 22.4 Å². The summed E-state index contributed by atoms with van der Waals surface area (Å²) >= 11 is 1.57. The third-order valence-electron chi connectivity index (χ3n) is 4.23. The monoisotopic (exact) mass is 402 g/mol. The largest absolute Gasteiger partial charge is 0.475 e. The van der Waals surface area contributed by atoms with Crippen molar-refractivity contribution < 1.29 is 4.74 Å². The van der Waals surface area contributed by atoms with Gasteiger partial charge in [0.1, 0.15) is 5.82 Å². The maximum absolute atomic E-state index is 5.70. The Balaban J connectivity index is 1.51. The number of ether oxygens (including phenoxy) is 1. The fourth-order valence-corrected chi connectivity index (χ4v) is 3.64. The molecule has 0 aliphatic heterocycles. The van der Waals surface area contributed by atoms with E-state index in [0.29, 0.717) is 5.88 Å². The summed E-state index contributed by atoms with van der Waals surface area (Å²) < 4.78 is 5.70. The molecule has 0 saturated carbocycles. The van der Waals surface area contributed by atoms with E-state index in [-0.39, 0.29) is 6.10 Å². The van der Waals surface area contributed by atoms with Gasteiger partial charge < -0.3 is 10.1 Å². The van der Waals surface area contributed by atoms with Crippen molar-refractivity contribution in [3.63, 3.8) is 0 Å². The van der Waals surface area contributed by atoms with Gasteiger partial charge in [0.2, 0.25) is 5.88 Å². The summed E-state index contributed by atoms with van der Waals surface area (Å²) in [7, 11) is 0. The van der Waals surface area contributed by atoms with Crippen LogP contribution < -0.4 is 10.1 Å². The van der Waals surface area contributed by atoms with Crippen LogP contribution in [0.2, 0.25) is 0 Å².